The zero-order valence-corrected chi connectivity index (χ0v) is 31.4. The summed E-state index contributed by atoms with van der Waals surface area (Å²) in [4.78, 5) is 47.4. The summed E-state index contributed by atoms with van der Waals surface area (Å²) in [5.41, 5.74) is 2.96. The number of likely N-dealkylation sites (tertiary alicyclic amines) is 1. The number of nitrogens with one attached hydrogen (secondary N) is 3. The van der Waals surface area contributed by atoms with E-state index in [1.807, 2.05) is 39.6 Å². The van der Waals surface area contributed by atoms with Crippen LogP contribution in [0, 0.1) is 0 Å². The molecule has 3 aromatic rings. The molecular formula is C39H55FN4O7. The van der Waals surface area contributed by atoms with E-state index in [4.69, 9.17) is 9.47 Å². The first-order valence-electron chi connectivity index (χ1n) is 17.2. The van der Waals surface area contributed by atoms with Gasteiger partial charge in [0.1, 0.15) is 30.4 Å². The Kier molecular flexibility index (Phi) is 20.2. The average molecular weight is 711 g/mol. The fraction of sp³-hybridized carbons (Fsp3) is 0.436. The lowest BCUT2D eigenvalue weighted by atomic mass is 10.1. The molecule has 0 aliphatic carbocycles. The zero-order valence-electron chi connectivity index (χ0n) is 31.4. The highest BCUT2D eigenvalue weighted by molar-refractivity contribution is 5.99. The maximum Gasteiger partial charge on any atom is 0.407 e. The van der Waals surface area contributed by atoms with Crippen molar-refractivity contribution < 1.29 is 37.8 Å². The van der Waals surface area contributed by atoms with Crippen LogP contribution in [0.4, 0.5) is 25.4 Å². The van der Waals surface area contributed by atoms with Crippen LogP contribution < -0.4 is 20.7 Å². The average Bonchev–Trinajstić information content (AvgIpc) is 3.45. The standard InChI is InChI=1S/C21H25N3O4.C14H18FNO3.2C2H6/c1-21(2,3)28-20(27)22-14-16-6-10-18(11-7-16)24-19(26)23-17-8-4-15(5-9-17)12-13-25;1-16-8-11(15)7-12(16)9-19-13-5-3-10(4-6-13)14(17)18-2;2*1-2/h4-11,13H,12,14H2,1-3H3,(H,22,27)(H2,23,24,26);3-6,11-12H,7-9H2,1-2H3;2*1-2H3. The molecule has 1 heterocycles. The SMILES string of the molecule is CC.CC.CC(C)(C)OC(=O)NCc1ccc(NC(=O)Nc2ccc(CC=O)cc2)cc1.COC(=O)c1ccc(OCC2CC(F)CN2C)cc1. The topological polar surface area (TPSA) is 135 Å². The molecule has 51 heavy (non-hydrogen) atoms. The van der Waals surface area contributed by atoms with Crippen molar-refractivity contribution in [2.24, 2.45) is 0 Å². The molecule has 12 heteroatoms. The zero-order chi connectivity index (χ0) is 38.4. The van der Waals surface area contributed by atoms with Crippen molar-refractivity contribution in [1.82, 2.24) is 10.2 Å². The number of benzene rings is 3. The normalized spacial score (nSPS) is 14.8. The van der Waals surface area contributed by atoms with Crippen LogP contribution in [-0.4, -0.2) is 74.4 Å². The lowest BCUT2D eigenvalue weighted by molar-refractivity contribution is -0.107. The molecule has 0 aromatic heterocycles. The van der Waals surface area contributed by atoms with Crippen molar-refractivity contribution in [3.05, 3.63) is 89.5 Å². The molecule has 0 radical (unpaired) electrons. The molecule has 2 unspecified atom stereocenters. The highest BCUT2D eigenvalue weighted by Crippen LogP contribution is 2.20. The van der Waals surface area contributed by atoms with Crippen LogP contribution in [0.5, 0.6) is 5.75 Å². The van der Waals surface area contributed by atoms with Crippen LogP contribution in [-0.2, 0) is 27.2 Å². The molecule has 0 bridgehead atoms. The summed E-state index contributed by atoms with van der Waals surface area (Å²) in [5.74, 6) is 0.297. The minimum atomic E-state index is -0.764. The Labute approximate surface area is 302 Å². The second kappa shape index (κ2) is 23.4. The fourth-order valence-corrected chi connectivity index (χ4v) is 4.51. The third kappa shape index (κ3) is 17.5. The maximum absolute atomic E-state index is 13.2. The number of esters is 1. The Balaban J connectivity index is 0.000000491. The van der Waals surface area contributed by atoms with E-state index in [2.05, 4.69) is 20.7 Å². The summed E-state index contributed by atoms with van der Waals surface area (Å²) in [7, 11) is 3.24. The van der Waals surface area contributed by atoms with Gasteiger partial charge >= 0.3 is 18.1 Å². The van der Waals surface area contributed by atoms with Crippen molar-refractivity contribution in [3.8, 4) is 5.75 Å². The van der Waals surface area contributed by atoms with E-state index in [0.717, 1.165) is 17.4 Å². The Morgan fingerprint density at radius 1 is 0.863 bits per heavy atom. The van der Waals surface area contributed by atoms with Gasteiger partial charge in [-0.05, 0) is 93.9 Å². The number of alkyl halides is 1. The van der Waals surface area contributed by atoms with E-state index in [0.29, 0.717) is 55.2 Å². The first-order chi connectivity index (χ1) is 24.3. The largest absolute Gasteiger partial charge is 0.492 e. The van der Waals surface area contributed by atoms with E-state index < -0.39 is 17.9 Å². The minimum absolute atomic E-state index is 0.107. The number of carbonyl (C=O) groups is 4. The number of carbonyl (C=O) groups excluding carboxylic acids is 4. The highest BCUT2D eigenvalue weighted by atomic mass is 19.1. The van der Waals surface area contributed by atoms with Gasteiger partial charge in [0.2, 0.25) is 0 Å². The first-order valence-corrected chi connectivity index (χ1v) is 17.2. The van der Waals surface area contributed by atoms with Crippen molar-refractivity contribution in [2.75, 3.05) is 37.9 Å². The van der Waals surface area contributed by atoms with Gasteiger partial charge in [-0.15, -0.1) is 0 Å². The summed E-state index contributed by atoms with van der Waals surface area (Å²) in [6, 6.07) is 20.6. The summed E-state index contributed by atoms with van der Waals surface area (Å²) >= 11 is 0. The number of urea groups is 1. The molecule has 0 spiro atoms. The number of hydrogen-bond acceptors (Lipinski definition) is 8. The monoisotopic (exact) mass is 710 g/mol. The third-order valence-electron chi connectivity index (χ3n) is 6.93. The predicted molar refractivity (Wildman–Crippen MR) is 200 cm³/mol. The third-order valence-corrected chi connectivity index (χ3v) is 6.93. The maximum atomic E-state index is 13.2. The quantitative estimate of drug-likeness (QED) is 0.142. The lowest BCUT2D eigenvalue weighted by Crippen LogP contribution is -2.32. The molecule has 11 nitrogen and oxygen atoms in total. The summed E-state index contributed by atoms with van der Waals surface area (Å²) < 4.78 is 28.6. The van der Waals surface area contributed by atoms with Gasteiger partial charge < -0.3 is 35.0 Å². The molecule has 3 N–H and O–H groups in total. The van der Waals surface area contributed by atoms with E-state index in [9.17, 15) is 23.6 Å². The second-order valence-corrected chi connectivity index (χ2v) is 12.0. The smallest absolute Gasteiger partial charge is 0.407 e. The van der Waals surface area contributed by atoms with Crippen LogP contribution in [0.25, 0.3) is 0 Å². The number of anilines is 2. The molecule has 1 aliphatic rings. The van der Waals surface area contributed by atoms with Gasteiger partial charge in [0.15, 0.2) is 0 Å². The van der Waals surface area contributed by atoms with Gasteiger partial charge in [-0.1, -0.05) is 52.0 Å². The Morgan fingerprint density at radius 3 is 1.84 bits per heavy atom. The van der Waals surface area contributed by atoms with E-state index in [1.54, 1.807) is 93.6 Å². The second-order valence-electron chi connectivity index (χ2n) is 12.0. The molecule has 0 saturated carbocycles. The molecular weight excluding hydrogens is 655 g/mol. The van der Waals surface area contributed by atoms with Crippen LogP contribution >= 0.6 is 0 Å². The summed E-state index contributed by atoms with van der Waals surface area (Å²) in [5, 5.41) is 8.14. The molecule has 1 saturated heterocycles. The van der Waals surface area contributed by atoms with Crippen molar-refractivity contribution >= 4 is 35.8 Å². The fourth-order valence-electron chi connectivity index (χ4n) is 4.51. The number of hydrogen-bond donors (Lipinski definition) is 3. The van der Waals surface area contributed by atoms with Crippen LogP contribution in [0.15, 0.2) is 72.8 Å². The van der Waals surface area contributed by atoms with Crippen LogP contribution in [0.3, 0.4) is 0 Å². The number of rotatable bonds is 10. The Morgan fingerprint density at radius 2 is 1.39 bits per heavy atom. The number of methoxy groups -OCH3 is 1. The molecule has 4 rings (SSSR count). The highest BCUT2D eigenvalue weighted by Gasteiger charge is 2.29. The van der Waals surface area contributed by atoms with Crippen LogP contribution in [0.2, 0.25) is 0 Å². The number of amides is 3. The van der Waals surface area contributed by atoms with Crippen molar-refractivity contribution in [2.45, 2.75) is 85.7 Å². The first kappa shape index (κ1) is 44.1. The molecule has 2 atom stereocenters. The van der Waals surface area contributed by atoms with Gasteiger partial charge in [0, 0.05) is 36.9 Å². The number of halogens is 1. The molecule has 1 aliphatic heterocycles. The number of nitrogens with zero attached hydrogens (tertiary/aromatic N) is 1. The number of aldehydes is 1. The van der Waals surface area contributed by atoms with Gasteiger partial charge in [0.25, 0.3) is 0 Å². The molecule has 3 amide bonds. The van der Waals surface area contributed by atoms with Gasteiger partial charge in [-0.2, -0.15) is 0 Å². The number of ether oxygens (including phenoxy) is 3. The Hall–Kier alpha value is -4.97. The number of likely N-dealkylation sites (N-methyl/N-ethyl adjacent to an activating group) is 1. The lowest BCUT2D eigenvalue weighted by Gasteiger charge is -2.19. The van der Waals surface area contributed by atoms with Crippen molar-refractivity contribution in [3.63, 3.8) is 0 Å². The van der Waals surface area contributed by atoms with Gasteiger partial charge in [-0.25, -0.2) is 18.8 Å². The van der Waals surface area contributed by atoms with E-state index >= 15 is 0 Å². The molecule has 1 fully saturated rings. The van der Waals surface area contributed by atoms with E-state index in [1.165, 1.54) is 7.11 Å². The Bertz CT molecular complexity index is 1460. The van der Waals surface area contributed by atoms with Crippen LogP contribution in [0.1, 0.15) is 76.4 Å². The summed E-state index contributed by atoms with van der Waals surface area (Å²) in [6.07, 6.45) is 0.453. The van der Waals surface area contributed by atoms with Gasteiger partial charge in [0.05, 0.1) is 12.7 Å². The minimum Gasteiger partial charge on any atom is -0.492 e. The summed E-state index contributed by atoms with van der Waals surface area (Å²) in [6.45, 7) is 14.7. The van der Waals surface area contributed by atoms with Crippen molar-refractivity contribution in [1.29, 1.82) is 0 Å². The molecule has 3 aromatic carbocycles. The number of alkyl carbamates (subject to hydrolysis) is 1. The van der Waals surface area contributed by atoms with E-state index in [-0.39, 0.29) is 18.0 Å². The predicted octanol–water partition coefficient (Wildman–Crippen LogP) is 8.04. The van der Waals surface area contributed by atoms with Gasteiger partial charge in [-0.3, -0.25) is 4.90 Å². The molecule has 280 valence electrons.